The van der Waals surface area contributed by atoms with Crippen molar-refractivity contribution < 1.29 is 33.9 Å². The van der Waals surface area contributed by atoms with Gasteiger partial charge in [-0.25, -0.2) is 0 Å². The third-order valence-electron chi connectivity index (χ3n) is 9.33. The summed E-state index contributed by atoms with van der Waals surface area (Å²) in [5.74, 6) is 1.31. The molecule has 0 aromatic heterocycles. The zero-order valence-electron chi connectivity index (χ0n) is 27.4. The number of rotatable bonds is 12. The van der Waals surface area contributed by atoms with Crippen molar-refractivity contribution in [2.24, 2.45) is 11.7 Å². The number of aliphatic hydroxyl groups is 2. The molecule has 2 saturated carbocycles. The molecule has 2 aromatic rings. The van der Waals surface area contributed by atoms with Crippen LogP contribution in [0.1, 0.15) is 83.4 Å². The Labute approximate surface area is 258 Å². The van der Waals surface area contributed by atoms with E-state index in [0.29, 0.717) is 37.4 Å². The lowest BCUT2D eigenvalue weighted by atomic mass is 9.55. The SMILES string of the molecule is CC.CCc1ccc(OCc2ccccc2)c2c1[C@@]1(CC)[C@@H](O2)C(OC)(OC)CC[C@]1(C)OCC(O)CO.NCC1CC1. The number of aliphatic hydroxyl groups excluding tert-OH is 2. The Morgan fingerprint density at radius 3 is 2.21 bits per heavy atom. The van der Waals surface area contributed by atoms with E-state index < -0.39 is 29.0 Å². The number of hydrogen-bond acceptors (Lipinski definition) is 8. The van der Waals surface area contributed by atoms with Gasteiger partial charge >= 0.3 is 0 Å². The van der Waals surface area contributed by atoms with Crippen molar-refractivity contribution in [3.63, 3.8) is 0 Å². The van der Waals surface area contributed by atoms with E-state index in [4.69, 9.17) is 29.4 Å². The van der Waals surface area contributed by atoms with E-state index in [1.165, 1.54) is 12.8 Å². The molecule has 8 heteroatoms. The summed E-state index contributed by atoms with van der Waals surface area (Å²) in [6, 6.07) is 14.1. The largest absolute Gasteiger partial charge is 0.485 e. The van der Waals surface area contributed by atoms with Crippen LogP contribution in [0.3, 0.4) is 0 Å². The molecule has 0 saturated heterocycles. The summed E-state index contributed by atoms with van der Waals surface area (Å²) >= 11 is 0. The Bertz CT molecular complexity index is 1120. The smallest absolute Gasteiger partial charge is 0.206 e. The minimum absolute atomic E-state index is 0.0232. The van der Waals surface area contributed by atoms with Crippen LogP contribution in [0.5, 0.6) is 11.5 Å². The number of methoxy groups -OCH3 is 2. The van der Waals surface area contributed by atoms with Gasteiger partial charge in [-0.2, -0.15) is 0 Å². The predicted octanol–water partition coefficient (Wildman–Crippen LogP) is 5.53. The molecule has 1 aliphatic heterocycles. The second-order valence-electron chi connectivity index (χ2n) is 11.7. The molecule has 2 aromatic carbocycles. The highest BCUT2D eigenvalue weighted by Gasteiger charge is 2.70. The van der Waals surface area contributed by atoms with Crippen molar-refractivity contribution in [1.82, 2.24) is 0 Å². The Morgan fingerprint density at radius 2 is 1.70 bits per heavy atom. The first-order valence-corrected chi connectivity index (χ1v) is 16.0. The van der Waals surface area contributed by atoms with Gasteiger partial charge < -0.3 is 39.6 Å². The van der Waals surface area contributed by atoms with E-state index >= 15 is 0 Å². The quantitative estimate of drug-likeness (QED) is 0.272. The van der Waals surface area contributed by atoms with E-state index in [0.717, 1.165) is 35.6 Å². The highest BCUT2D eigenvalue weighted by Crippen LogP contribution is 2.63. The number of fused-ring (bicyclic) bond motifs is 3. The van der Waals surface area contributed by atoms with Gasteiger partial charge in [-0.05, 0) is 68.7 Å². The molecule has 43 heavy (non-hydrogen) atoms. The van der Waals surface area contributed by atoms with Gasteiger partial charge in [0.15, 0.2) is 17.6 Å². The summed E-state index contributed by atoms with van der Waals surface area (Å²) in [6.07, 6.45) is 3.98. The molecule has 4 atom stereocenters. The summed E-state index contributed by atoms with van der Waals surface area (Å²) < 4.78 is 31.8. The van der Waals surface area contributed by atoms with Crippen LogP contribution in [0.2, 0.25) is 0 Å². The topological polar surface area (TPSA) is 113 Å². The van der Waals surface area contributed by atoms with Gasteiger partial charge in [-0.15, -0.1) is 0 Å². The van der Waals surface area contributed by atoms with Crippen molar-refractivity contribution in [3.05, 3.63) is 59.2 Å². The van der Waals surface area contributed by atoms with Gasteiger partial charge in [-0.1, -0.05) is 64.1 Å². The van der Waals surface area contributed by atoms with Gasteiger partial charge in [0.05, 0.1) is 24.2 Å². The van der Waals surface area contributed by atoms with Gasteiger partial charge in [0, 0.05) is 26.2 Å². The Morgan fingerprint density at radius 1 is 1.02 bits per heavy atom. The van der Waals surface area contributed by atoms with Crippen LogP contribution >= 0.6 is 0 Å². The maximum Gasteiger partial charge on any atom is 0.206 e. The lowest BCUT2D eigenvalue weighted by Gasteiger charge is -2.57. The van der Waals surface area contributed by atoms with E-state index in [1.807, 2.05) is 50.2 Å². The summed E-state index contributed by atoms with van der Waals surface area (Å²) in [6.45, 7) is 11.3. The molecular weight excluding hydrogens is 546 g/mol. The molecule has 2 fully saturated rings. The second-order valence-corrected chi connectivity index (χ2v) is 11.7. The van der Waals surface area contributed by atoms with Gasteiger partial charge in [0.2, 0.25) is 5.79 Å². The average Bonchev–Trinajstić information content (AvgIpc) is 3.84. The molecule has 5 rings (SSSR count). The van der Waals surface area contributed by atoms with Crippen LogP contribution in [0.4, 0.5) is 0 Å². The molecule has 0 bridgehead atoms. The first-order valence-electron chi connectivity index (χ1n) is 16.0. The van der Waals surface area contributed by atoms with Gasteiger partial charge in [-0.3, -0.25) is 0 Å². The van der Waals surface area contributed by atoms with Crippen molar-refractivity contribution in [1.29, 1.82) is 0 Å². The second kappa shape index (κ2) is 15.7. The Kier molecular flexibility index (Phi) is 12.9. The molecule has 3 aliphatic rings. The van der Waals surface area contributed by atoms with Crippen LogP contribution in [0.25, 0.3) is 0 Å². The third kappa shape index (κ3) is 7.05. The standard InChI is InChI=1S/C29H40O7.C4H9N.C2H6/c1-6-21-13-14-23(34-18-20-11-9-8-10-12-20)25-24(21)28(7-2)26(36-25)29(32-4,33-5)16-15-27(28,3)35-19-22(31)17-30;5-3-4-1-2-4;1-2/h8-14,22,26,30-31H,6-7,15-19H2,1-5H3;4H,1-3,5H2;1-2H3/t22?,26-,27+,28+;;/m1../s1. The zero-order valence-corrected chi connectivity index (χ0v) is 27.4. The first kappa shape index (κ1) is 35.3. The fourth-order valence-electron chi connectivity index (χ4n) is 6.60. The predicted molar refractivity (Wildman–Crippen MR) is 170 cm³/mol. The monoisotopic (exact) mass is 601 g/mol. The van der Waals surface area contributed by atoms with Crippen LogP contribution in [-0.2, 0) is 32.7 Å². The maximum absolute atomic E-state index is 10.1. The number of hydrogen-bond donors (Lipinski definition) is 3. The summed E-state index contributed by atoms with van der Waals surface area (Å²) in [5.41, 5.74) is 7.16. The maximum atomic E-state index is 10.1. The van der Waals surface area contributed by atoms with E-state index in [1.54, 1.807) is 14.2 Å². The molecule has 1 heterocycles. The lowest BCUT2D eigenvalue weighted by molar-refractivity contribution is -0.308. The van der Waals surface area contributed by atoms with Gasteiger partial charge in [0.1, 0.15) is 12.7 Å². The average molecular weight is 602 g/mol. The number of benzene rings is 2. The molecule has 4 N–H and O–H groups in total. The fourth-order valence-corrected chi connectivity index (χ4v) is 6.60. The number of aryl methyl sites for hydroxylation is 1. The molecule has 2 aliphatic carbocycles. The van der Waals surface area contributed by atoms with Crippen molar-refractivity contribution >= 4 is 0 Å². The lowest BCUT2D eigenvalue weighted by Crippen LogP contribution is -2.70. The molecule has 8 nitrogen and oxygen atoms in total. The fraction of sp³-hybridized carbons (Fsp3) is 0.657. The molecule has 242 valence electrons. The van der Waals surface area contributed by atoms with Crippen LogP contribution < -0.4 is 15.2 Å². The Hall–Kier alpha value is -2.20. The normalized spacial score (nSPS) is 25.6. The van der Waals surface area contributed by atoms with Crippen LogP contribution in [-0.4, -0.2) is 67.8 Å². The highest BCUT2D eigenvalue weighted by atomic mass is 16.7. The van der Waals surface area contributed by atoms with Crippen molar-refractivity contribution in [2.75, 3.05) is 34.0 Å². The Balaban J connectivity index is 0.000000644. The number of ether oxygens (including phenoxy) is 5. The molecular formula is C35H55NO7. The number of nitrogens with two attached hydrogens (primary N) is 1. The van der Waals surface area contributed by atoms with E-state index in [2.05, 4.69) is 26.8 Å². The van der Waals surface area contributed by atoms with Gasteiger partial charge in [0.25, 0.3) is 0 Å². The van der Waals surface area contributed by atoms with E-state index in [9.17, 15) is 10.2 Å². The summed E-state index contributed by atoms with van der Waals surface area (Å²) in [7, 11) is 3.31. The zero-order chi connectivity index (χ0) is 31.7. The molecule has 0 radical (unpaired) electrons. The first-order chi connectivity index (χ1) is 20.8. The van der Waals surface area contributed by atoms with Crippen molar-refractivity contribution in [2.45, 2.75) is 109 Å². The third-order valence-corrected chi connectivity index (χ3v) is 9.33. The minimum Gasteiger partial charge on any atom is -0.485 e. The van der Waals surface area contributed by atoms with Crippen LogP contribution in [0.15, 0.2) is 42.5 Å². The summed E-state index contributed by atoms with van der Waals surface area (Å²) in [5, 5.41) is 19.6. The summed E-state index contributed by atoms with van der Waals surface area (Å²) in [4.78, 5) is 0. The highest BCUT2D eigenvalue weighted by molar-refractivity contribution is 5.60. The van der Waals surface area contributed by atoms with Crippen LogP contribution in [0, 0.1) is 5.92 Å². The van der Waals surface area contributed by atoms with Crippen molar-refractivity contribution in [3.8, 4) is 11.5 Å². The van der Waals surface area contributed by atoms with E-state index in [-0.39, 0.29) is 13.2 Å². The molecule has 1 unspecified atom stereocenters. The molecule has 0 spiro atoms. The minimum atomic E-state index is -0.977. The molecule has 0 amide bonds.